The van der Waals surface area contributed by atoms with Crippen molar-refractivity contribution in [3.05, 3.63) is 17.0 Å². The maximum absolute atomic E-state index is 14.1. The molecule has 2 aliphatic carbocycles. The van der Waals surface area contributed by atoms with Crippen LogP contribution in [0.1, 0.15) is 64.2 Å². The van der Waals surface area contributed by atoms with E-state index in [9.17, 15) is 4.39 Å². The predicted molar refractivity (Wildman–Crippen MR) is 113 cm³/mol. The molecule has 4 rings (SSSR count). The normalized spacial score (nSPS) is 18.6. The van der Waals surface area contributed by atoms with Crippen LogP contribution in [-0.4, -0.2) is 32.0 Å². The molecule has 0 atom stereocenters. The first-order valence-corrected chi connectivity index (χ1v) is 10.9. The van der Waals surface area contributed by atoms with Gasteiger partial charge in [-0.1, -0.05) is 50.1 Å². The van der Waals surface area contributed by atoms with Gasteiger partial charge in [0.15, 0.2) is 16.8 Å². The third-order valence-electron chi connectivity index (χ3n) is 5.70. The Morgan fingerprint density at radius 1 is 0.828 bits per heavy atom. The van der Waals surface area contributed by atoms with Crippen LogP contribution in [-0.2, 0) is 0 Å². The van der Waals surface area contributed by atoms with Gasteiger partial charge in [-0.3, -0.25) is 0 Å². The fourth-order valence-electron chi connectivity index (χ4n) is 4.09. The van der Waals surface area contributed by atoms with E-state index in [0.717, 1.165) is 25.7 Å². The second kappa shape index (κ2) is 9.07. The van der Waals surface area contributed by atoms with E-state index >= 15 is 0 Å². The number of halogens is 2. The van der Waals surface area contributed by atoms with Gasteiger partial charge in [-0.05, 0) is 25.7 Å². The van der Waals surface area contributed by atoms with Gasteiger partial charge >= 0.3 is 0 Å². The lowest BCUT2D eigenvalue weighted by Gasteiger charge is -2.24. The molecule has 29 heavy (non-hydrogen) atoms. The number of rotatable bonds is 5. The Bertz CT molecular complexity index is 789. The summed E-state index contributed by atoms with van der Waals surface area (Å²) in [5, 5.41) is 6.76. The summed E-state index contributed by atoms with van der Waals surface area (Å²) in [6, 6.07) is 1.88. The maximum atomic E-state index is 14.1. The number of nitrogen functional groups attached to an aromatic ring is 1. The first-order valence-electron chi connectivity index (χ1n) is 10.5. The molecule has 4 N–H and O–H groups in total. The summed E-state index contributed by atoms with van der Waals surface area (Å²) in [6.07, 6.45) is 11.7. The van der Waals surface area contributed by atoms with Crippen molar-refractivity contribution >= 4 is 29.2 Å². The van der Waals surface area contributed by atoms with Crippen molar-refractivity contribution in [3.8, 4) is 11.5 Å². The van der Waals surface area contributed by atoms with Gasteiger partial charge in [0.2, 0.25) is 11.9 Å². The quantitative estimate of drug-likeness (QED) is 0.598. The second-order valence-corrected chi connectivity index (χ2v) is 8.32. The van der Waals surface area contributed by atoms with Gasteiger partial charge in [0.25, 0.3) is 0 Å². The highest BCUT2D eigenvalue weighted by Crippen LogP contribution is 2.27. The van der Waals surface area contributed by atoms with Crippen molar-refractivity contribution in [1.82, 2.24) is 19.9 Å². The third-order valence-corrected chi connectivity index (χ3v) is 5.99. The Balaban J connectivity index is 1.64. The topological polar surface area (TPSA) is 102 Å². The number of aromatic nitrogens is 4. The van der Waals surface area contributed by atoms with E-state index in [4.69, 9.17) is 17.3 Å². The highest BCUT2D eigenvalue weighted by molar-refractivity contribution is 6.31. The number of anilines is 3. The molecule has 2 saturated carbocycles. The smallest absolute Gasteiger partial charge is 0.228 e. The summed E-state index contributed by atoms with van der Waals surface area (Å²) in [4.78, 5) is 17.8. The molecule has 2 aromatic rings. The number of nitrogens with zero attached hydrogens (tertiary/aromatic N) is 4. The van der Waals surface area contributed by atoms with Crippen LogP contribution in [0.2, 0.25) is 5.15 Å². The number of hydrogen-bond acceptors (Lipinski definition) is 7. The Labute approximate surface area is 175 Å². The summed E-state index contributed by atoms with van der Waals surface area (Å²) in [7, 11) is 0. The molecule has 0 aromatic carbocycles. The van der Waals surface area contributed by atoms with Gasteiger partial charge in [-0.25, -0.2) is 9.37 Å². The molecule has 7 nitrogen and oxygen atoms in total. The molecular formula is C20H27ClFN7. The summed E-state index contributed by atoms with van der Waals surface area (Å²) >= 11 is 5.98. The number of nitrogens with two attached hydrogens (primary N) is 1. The third kappa shape index (κ3) is 5.04. The highest BCUT2D eigenvalue weighted by atomic mass is 35.5. The van der Waals surface area contributed by atoms with Gasteiger partial charge < -0.3 is 16.4 Å². The van der Waals surface area contributed by atoms with Crippen LogP contribution in [0.15, 0.2) is 6.07 Å². The zero-order valence-electron chi connectivity index (χ0n) is 16.4. The van der Waals surface area contributed by atoms with Gasteiger partial charge in [0, 0.05) is 18.2 Å². The Morgan fingerprint density at radius 3 is 1.83 bits per heavy atom. The fraction of sp³-hybridized carbons (Fsp3) is 0.600. The SMILES string of the molecule is Nc1c(F)cc(-c2nc(NC3CCCCC3)nc(NC3CCCCC3)n2)nc1Cl. The van der Waals surface area contributed by atoms with Gasteiger partial charge in [0.1, 0.15) is 11.4 Å². The van der Waals surface area contributed by atoms with E-state index < -0.39 is 5.82 Å². The molecule has 0 radical (unpaired) electrons. The van der Waals surface area contributed by atoms with Crippen LogP contribution in [0.5, 0.6) is 0 Å². The standard InChI is InChI=1S/C20H27ClFN7/c21-17-16(23)14(22)11-15(26-17)18-27-19(24-12-7-3-1-4-8-12)29-20(28-18)25-13-9-5-2-6-10-13/h11-13H,1-10,23H2,(H2,24,25,27,28,29). The van der Waals surface area contributed by atoms with E-state index in [1.165, 1.54) is 44.6 Å². The molecule has 156 valence electrons. The van der Waals surface area contributed by atoms with Crippen molar-refractivity contribution in [3.63, 3.8) is 0 Å². The number of hydrogen-bond donors (Lipinski definition) is 3. The van der Waals surface area contributed by atoms with Crippen LogP contribution in [0.25, 0.3) is 11.5 Å². The van der Waals surface area contributed by atoms with E-state index in [2.05, 4.69) is 30.6 Å². The molecule has 2 aromatic heterocycles. The summed E-state index contributed by atoms with van der Waals surface area (Å²) in [5.41, 5.74) is 5.65. The largest absolute Gasteiger partial charge is 0.394 e. The molecule has 0 spiro atoms. The monoisotopic (exact) mass is 419 g/mol. The number of nitrogens with one attached hydrogen (secondary N) is 2. The molecule has 0 saturated heterocycles. The van der Waals surface area contributed by atoms with Crippen molar-refractivity contribution < 1.29 is 4.39 Å². The van der Waals surface area contributed by atoms with Crippen LogP contribution < -0.4 is 16.4 Å². The van der Waals surface area contributed by atoms with Gasteiger partial charge in [-0.15, -0.1) is 0 Å². The molecule has 2 heterocycles. The fourth-order valence-corrected chi connectivity index (χ4v) is 4.27. The summed E-state index contributed by atoms with van der Waals surface area (Å²) < 4.78 is 14.1. The van der Waals surface area contributed by atoms with E-state index in [-0.39, 0.29) is 22.4 Å². The molecule has 0 amide bonds. The average molecular weight is 420 g/mol. The van der Waals surface area contributed by atoms with Crippen molar-refractivity contribution in [2.24, 2.45) is 0 Å². The molecule has 0 bridgehead atoms. The molecule has 2 aliphatic rings. The van der Waals surface area contributed by atoms with Crippen molar-refractivity contribution in [2.45, 2.75) is 76.3 Å². The summed E-state index contributed by atoms with van der Waals surface area (Å²) in [5.74, 6) is 0.604. The predicted octanol–water partition coefficient (Wildman–Crippen LogP) is 4.80. The van der Waals surface area contributed by atoms with Crippen LogP contribution in [0, 0.1) is 5.82 Å². The average Bonchev–Trinajstić information content (AvgIpc) is 2.73. The Hall–Kier alpha value is -2.22. The van der Waals surface area contributed by atoms with E-state index in [1.807, 2.05) is 0 Å². The number of pyridine rings is 1. The van der Waals surface area contributed by atoms with Gasteiger partial charge in [0.05, 0.1) is 0 Å². The van der Waals surface area contributed by atoms with Crippen LogP contribution in [0.4, 0.5) is 22.0 Å². The van der Waals surface area contributed by atoms with Crippen LogP contribution in [0.3, 0.4) is 0 Å². The van der Waals surface area contributed by atoms with Gasteiger partial charge in [-0.2, -0.15) is 15.0 Å². The minimum atomic E-state index is -0.635. The zero-order chi connectivity index (χ0) is 20.2. The highest BCUT2D eigenvalue weighted by Gasteiger charge is 2.20. The molecule has 2 fully saturated rings. The molecule has 9 heteroatoms. The molecule has 0 unspecified atom stereocenters. The lowest BCUT2D eigenvalue weighted by Crippen LogP contribution is -2.26. The first-order chi connectivity index (χ1) is 14.1. The second-order valence-electron chi connectivity index (χ2n) is 7.96. The van der Waals surface area contributed by atoms with E-state index in [0.29, 0.717) is 24.0 Å². The first kappa shape index (κ1) is 20.1. The van der Waals surface area contributed by atoms with E-state index in [1.54, 1.807) is 0 Å². The summed E-state index contributed by atoms with van der Waals surface area (Å²) in [6.45, 7) is 0. The maximum Gasteiger partial charge on any atom is 0.228 e. The van der Waals surface area contributed by atoms with Crippen molar-refractivity contribution in [2.75, 3.05) is 16.4 Å². The minimum absolute atomic E-state index is 0.0935. The lowest BCUT2D eigenvalue weighted by atomic mass is 9.96. The zero-order valence-corrected chi connectivity index (χ0v) is 17.2. The Kier molecular flexibility index (Phi) is 6.28. The molecule has 0 aliphatic heterocycles. The van der Waals surface area contributed by atoms with Crippen LogP contribution >= 0.6 is 11.6 Å². The minimum Gasteiger partial charge on any atom is -0.394 e. The van der Waals surface area contributed by atoms with Crippen molar-refractivity contribution in [1.29, 1.82) is 0 Å². The molecular weight excluding hydrogens is 393 g/mol. The lowest BCUT2D eigenvalue weighted by molar-refractivity contribution is 0.458. The Morgan fingerprint density at radius 2 is 1.34 bits per heavy atom.